The summed E-state index contributed by atoms with van der Waals surface area (Å²) in [5.74, 6) is -1.90. The zero-order valence-corrected chi connectivity index (χ0v) is 5.48. The molecule has 0 heterocycles. The van der Waals surface area contributed by atoms with E-state index in [-0.39, 0.29) is 5.75 Å². The zero-order valence-electron chi connectivity index (χ0n) is 5.48. The molecule has 0 unspecified atom stereocenters. The molecule has 4 heteroatoms. The summed E-state index contributed by atoms with van der Waals surface area (Å²) >= 11 is 0. The molecule has 0 amide bonds. The van der Waals surface area contributed by atoms with Gasteiger partial charge in [-0.25, -0.2) is 13.2 Å². The van der Waals surface area contributed by atoms with Crippen molar-refractivity contribution in [2.75, 3.05) is 6.86 Å². The number of hydrogen-bond donors (Lipinski definition) is 0. The third-order valence-electron chi connectivity index (χ3n) is 1.10. The monoisotopic (exact) mass is 162 g/mol. The van der Waals surface area contributed by atoms with Crippen molar-refractivity contribution in [1.29, 1.82) is 0 Å². The van der Waals surface area contributed by atoms with Gasteiger partial charge in [0.2, 0.25) is 6.86 Å². The van der Waals surface area contributed by atoms with E-state index in [1.165, 1.54) is 0 Å². The van der Waals surface area contributed by atoms with Gasteiger partial charge in [0.25, 0.3) is 0 Å². The molecule has 11 heavy (non-hydrogen) atoms. The predicted octanol–water partition coefficient (Wildman–Crippen LogP) is 2.27. The molecule has 1 aromatic carbocycles. The standard InChI is InChI=1S/C7H5F3O/c8-4-11-7-2-1-5(9)3-6(7)10/h1-3H,4H2. The van der Waals surface area contributed by atoms with Gasteiger partial charge in [0.1, 0.15) is 5.82 Å². The highest BCUT2D eigenvalue weighted by atomic mass is 19.1. The summed E-state index contributed by atoms with van der Waals surface area (Å²) in [6.07, 6.45) is 0. The largest absolute Gasteiger partial charge is 0.460 e. The Hall–Kier alpha value is -1.19. The van der Waals surface area contributed by atoms with Crippen LogP contribution in [0.15, 0.2) is 18.2 Å². The van der Waals surface area contributed by atoms with Crippen LogP contribution in [-0.2, 0) is 0 Å². The molecular formula is C7H5F3O. The summed E-state index contributed by atoms with van der Waals surface area (Å²) in [7, 11) is 0. The maximum absolute atomic E-state index is 12.5. The Morgan fingerprint density at radius 2 is 2.00 bits per heavy atom. The van der Waals surface area contributed by atoms with E-state index in [4.69, 9.17) is 0 Å². The van der Waals surface area contributed by atoms with Crippen molar-refractivity contribution >= 4 is 0 Å². The smallest absolute Gasteiger partial charge is 0.228 e. The van der Waals surface area contributed by atoms with Crippen LogP contribution in [0, 0.1) is 11.6 Å². The summed E-state index contributed by atoms with van der Waals surface area (Å²) in [5.41, 5.74) is 0. The molecular weight excluding hydrogens is 157 g/mol. The number of benzene rings is 1. The Morgan fingerprint density at radius 3 is 2.55 bits per heavy atom. The van der Waals surface area contributed by atoms with E-state index in [0.717, 1.165) is 12.1 Å². The van der Waals surface area contributed by atoms with E-state index < -0.39 is 18.5 Å². The van der Waals surface area contributed by atoms with Crippen LogP contribution in [-0.4, -0.2) is 6.86 Å². The van der Waals surface area contributed by atoms with Crippen molar-refractivity contribution in [1.82, 2.24) is 0 Å². The lowest BCUT2D eigenvalue weighted by atomic mass is 10.3. The molecule has 0 aromatic heterocycles. The molecule has 1 rings (SSSR count). The van der Waals surface area contributed by atoms with Crippen molar-refractivity contribution in [3.8, 4) is 5.75 Å². The number of rotatable bonds is 2. The second-order valence-corrected chi connectivity index (χ2v) is 1.83. The van der Waals surface area contributed by atoms with Crippen LogP contribution in [0.4, 0.5) is 13.2 Å². The van der Waals surface area contributed by atoms with Crippen LogP contribution >= 0.6 is 0 Å². The molecule has 0 saturated heterocycles. The fraction of sp³-hybridized carbons (Fsp3) is 0.143. The van der Waals surface area contributed by atoms with Gasteiger partial charge < -0.3 is 4.74 Å². The van der Waals surface area contributed by atoms with Crippen molar-refractivity contribution in [3.05, 3.63) is 29.8 Å². The van der Waals surface area contributed by atoms with E-state index in [2.05, 4.69) is 4.74 Å². The van der Waals surface area contributed by atoms with Gasteiger partial charge in [0.15, 0.2) is 11.6 Å². The van der Waals surface area contributed by atoms with E-state index >= 15 is 0 Å². The summed E-state index contributed by atoms with van der Waals surface area (Å²) in [6.45, 7) is -1.12. The number of halogens is 3. The lowest BCUT2D eigenvalue weighted by Crippen LogP contribution is -1.93. The first-order valence-electron chi connectivity index (χ1n) is 2.88. The van der Waals surface area contributed by atoms with Crippen LogP contribution in [0.2, 0.25) is 0 Å². The minimum Gasteiger partial charge on any atom is -0.460 e. The molecule has 0 N–H and O–H groups in total. The highest BCUT2D eigenvalue weighted by Crippen LogP contribution is 2.17. The van der Waals surface area contributed by atoms with E-state index in [9.17, 15) is 13.2 Å². The average molecular weight is 162 g/mol. The minimum atomic E-state index is -1.12. The Labute approximate surface area is 61.4 Å². The fourth-order valence-electron chi connectivity index (χ4n) is 0.651. The Kier molecular flexibility index (Phi) is 2.36. The van der Waals surface area contributed by atoms with Gasteiger partial charge in [-0.1, -0.05) is 0 Å². The normalized spacial score (nSPS) is 9.73. The highest BCUT2D eigenvalue weighted by Gasteiger charge is 2.03. The summed E-state index contributed by atoms with van der Waals surface area (Å²) < 4.78 is 40.4. The molecule has 0 aliphatic heterocycles. The first-order valence-corrected chi connectivity index (χ1v) is 2.88. The van der Waals surface area contributed by atoms with Crippen LogP contribution in [0.5, 0.6) is 5.75 Å². The molecule has 0 fully saturated rings. The fourth-order valence-corrected chi connectivity index (χ4v) is 0.651. The molecule has 0 atom stereocenters. The Balaban J connectivity index is 2.90. The molecule has 0 aliphatic carbocycles. The van der Waals surface area contributed by atoms with Gasteiger partial charge in [-0.2, -0.15) is 0 Å². The molecule has 60 valence electrons. The first-order chi connectivity index (χ1) is 5.24. The lowest BCUT2D eigenvalue weighted by molar-refractivity contribution is 0.184. The third-order valence-corrected chi connectivity index (χ3v) is 1.10. The highest BCUT2D eigenvalue weighted by molar-refractivity contribution is 5.24. The van der Waals surface area contributed by atoms with Gasteiger partial charge in [-0.3, -0.25) is 0 Å². The van der Waals surface area contributed by atoms with Crippen LogP contribution in [0.3, 0.4) is 0 Å². The average Bonchev–Trinajstić information content (AvgIpc) is 1.95. The summed E-state index contributed by atoms with van der Waals surface area (Å²) in [4.78, 5) is 0. The van der Waals surface area contributed by atoms with Crippen LogP contribution < -0.4 is 4.74 Å². The molecule has 0 saturated carbocycles. The molecule has 0 aliphatic rings. The van der Waals surface area contributed by atoms with Crippen LogP contribution in [0.25, 0.3) is 0 Å². The second-order valence-electron chi connectivity index (χ2n) is 1.83. The van der Waals surface area contributed by atoms with Crippen LogP contribution in [0.1, 0.15) is 0 Å². The quantitative estimate of drug-likeness (QED) is 0.648. The summed E-state index contributed by atoms with van der Waals surface area (Å²) in [6, 6.07) is 2.66. The topological polar surface area (TPSA) is 9.23 Å². The van der Waals surface area contributed by atoms with E-state index in [1.807, 2.05) is 0 Å². The Morgan fingerprint density at radius 1 is 1.27 bits per heavy atom. The van der Waals surface area contributed by atoms with Crippen molar-refractivity contribution < 1.29 is 17.9 Å². The van der Waals surface area contributed by atoms with Gasteiger partial charge in [-0.15, -0.1) is 0 Å². The minimum absolute atomic E-state index is 0.283. The second kappa shape index (κ2) is 3.27. The van der Waals surface area contributed by atoms with E-state index in [1.54, 1.807) is 0 Å². The van der Waals surface area contributed by atoms with Crippen molar-refractivity contribution in [2.24, 2.45) is 0 Å². The van der Waals surface area contributed by atoms with E-state index in [0.29, 0.717) is 6.07 Å². The number of alkyl halides is 1. The maximum atomic E-state index is 12.5. The Bertz CT molecular complexity index is 249. The SMILES string of the molecule is FCOc1ccc(F)cc1F. The van der Waals surface area contributed by atoms with Gasteiger partial charge in [0.05, 0.1) is 0 Å². The molecule has 1 nitrogen and oxygen atoms in total. The zero-order chi connectivity index (χ0) is 8.27. The first kappa shape index (κ1) is 7.91. The summed E-state index contributed by atoms with van der Waals surface area (Å²) in [5, 5.41) is 0. The van der Waals surface area contributed by atoms with Crippen molar-refractivity contribution in [3.63, 3.8) is 0 Å². The molecule has 0 radical (unpaired) electrons. The van der Waals surface area contributed by atoms with Gasteiger partial charge in [-0.05, 0) is 12.1 Å². The number of hydrogen-bond acceptors (Lipinski definition) is 1. The molecule has 0 bridgehead atoms. The number of ether oxygens (including phenoxy) is 1. The maximum Gasteiger partial charge on any atom is 0.228 e. The van der Waals surface area contributed by atoms with Gasteiger partial charge in [0, 0.05) is 6.07 Å². The molecule has 1 aromatic rings. The third kappa shape index (κ3) is 1.86. The predicted molar refractivity (Wildman–Crippen MR) is 33.0 cm³/mol. The molecule has 0 spiro atoms. The van der Waals surface area contributed by atoms with Gasteiger partial charge >= 0.3 is 0 Å². The lowest BCUT2D eigenvalue weighted by Gasteiger charge is -2.00. The van der Waals surface area contributed by atoms with Crippen molar-refractivity contribution in [2.45, 2.75) is 0 Å².